The molecule has 3 heteroatoms. The van der Waals surface area contributed by atoms with Gasteiger partial charge >= 0.3 is 0 Å². The van der Waals surface area contributed by atoms with Crippen LogP contribution in [0.5, 0.6) is 0 Å². The SMILES string of the molecule is CCCCC(CCC)OC[C@H](N)C=O. The van der Waals surface area contributed by atoms with Crippen LogP contribution in [0.2, 0.25) is 0 Å². The molecule has 14 heavy (non-hydrogen) atoms. The molecule has 0 aliphatic heterocycles. The molecule has 0 aromatic rings. The maximum absolute atomic E-state index is 10.3. The van der Waals surface area contributed by atoms with Gasteiger partial charge in [-0.05, 0) is 12.8 Å². The zero-order valence-electron chi connectivity index (χ0n) is 9.37. The van der Waals surface area contributed by atoms with E-state index in [4.69, 9.17) is 10.5 Å². The molecular formula is C11H23NO2. The van der Waals surface area contributed by atoms with Gasteiger partial charge in [0.2, 0.25) is 0 Å². The third kappa shape index (κ3) is 7.04. The summed E-state index contributed by atoms with van der Waals surface area (Å²) in [7, 11) is 0. The number of rotatable bonds is 9. The van der Waals surface area contributed by atoms with Gasteiger partial charge in [0.15, 0.2) is 0 Å². The first-order chi connectivity index (χ1) is 6.74. The molecule has 0 rings (SSSR count). The molecule has 0 amide bonds. The van der Waals surface area contributed by atoms with Crippen LogP contribution in [0.1, 0.15) is 46.0 Å². The highest BCUT2D eigenvalue weighted by Gasteiger charge is 2.09. The molecule has 84 valence electrons. The Hall–Kier alpha value is -0.410. The van der Waals surface area contributed by atoms with Crippen LogP contribution < -0.4 is 5.73 Å². The van der Waals surface area contributed by atoms with E-state index in [1.54, 1.807) is 0 Å². The first-order valence-electron chi connectivity index (χ1n) is 5.57. The van der Waals surface area contributed by atoms with E-state index in [9.17, 15) is 4.79 Å². The van der Waals surface area contributed by atoms with Gasteiger partial charge in [0, 0.05) is 0 Å². The minimum Gasteiger partial charge on any atom is -0.376 e. The molecule has 0 aromatic carbocycles. The lowest BCUT2D eigenvalue weighted by atomic mass is 10.1. The lowest BCUT2D eigenvalue weighted by Crippen LogP contribution is -2.30. The number of unbranched alkanes of at least 4 members (excludes halogenated alkanes) is 1. The normalized spacial score (nSPS) is 15.1. The summed E-state index contributed by atoms with van der Waals surface area (Å²) in [4.78, 5) is 10.3. The van der Waals surface area contributed by atoms with E-state index in [1.165, 1.54) is 12.8 Å². The van der Waals surface area contributed by atoms with E-state index in [0.717, 1.165) is 25.5 Å². The molecule has 3 nitrogen and oxygen atoms in total. The van der Waals surface area contributed by atoms with Gasteiger partial charge in [0.05, 0.1) is 18.8 Å². The first-order valence-corrected chi connectivity index (χ1v) is 5.57. The van der Waals surface area contributed by atoms with E-state index in [-0.39, 0.29) is 6.10 Å². The summed E-state index contributed by atoms with van der Waals surface area (Å²) in [6.07, 6.45) is 6.64. The molecule has 2 N–H and O–H groups in total. The zero-order valence-corrected chi connectivity index (χ0v) is 9.37. The van der Waals surface area contributed by atoms with Crippen molar-refractivity contribution < 1.29 is 9.53 Å². The smallest absolute Gasteiger partial charge is 0.139 e. The molecule has 0 aromatic heterocycles. The van der Waals surface area contributed by atoms with Crippen LogP contribution in [-0.2, 0) is 9.53 Å². The van der Waals surface area contributed by atoms with Crippen molar-refractivity contribution in [3.8, 4) is 0 Å². The Morgan fingerprint density at radius 1 is 1.29 bits per heavy atom. The monoisotopic (exact) mass is 201 g/mol. The van der Waals surface area contributed by atoms with Crippen LogP contribution in [0.25, 0.3) is 0 Å². The second-order valence-corrected chi connectivity index (χ2v) is 3.69. The summed E-state index contributed by atoms with van der Waals surface area (Å²) in [6, 6.07) is -0.462. The summed E-state index contributed by atoms with van der Waals surface area (Å²) >= 11 is 0. The molecular weight excluding hydrogens is 178 g/mol. The van der Waals surface area contributed by atoms with Crippen LogP contribution in [0.3, 0.4) is 0 Å². The van der Waals surface area contributed by atoms with Crippen molar-refractivity contribution in [2.75, 3.05) is 6.61 Å². The second kappa shape index (κ2) is 9.16. The minimum absolute atomic E-state index is 0.283. The highest BCUT2D eigenvalue weighted by Crippen LogP contribution is 2.10. The van der Waals surface area contributed by atoms with Crippen LogP contribution in [-0.4, -0.2) is 25.0 Å². The van der Waals surface area contributed by atoms with Gasteiger partial charge in [-0.2, -0.15) is 0 Å². The Balaban J connectivity index is 3.65. The largest absolute Gasteiger partial charge is 0.376 e. The van der Waals surface area contributed by atoms with E-state index < -0.39 is 6.04 Å². The molecule has 0 radical (unpaired) electrons. The van der Waals surface area contributed by atoms with Gasteiger partial charge in [-0.3, -0.25) is 0 Å². The van der Waals surface area contributed by atoms with E-state index in [0.29, 0.717) is 6.61 Å². The Bertz CT molecular complexity index is 139. The summed E-state index contributed by atoms with van der Waals surface area (Å²) in [5.41, 5.74) is 5.45. The third-order valence-electron chi connectivity index (χ3n) is 2.19. The van der Waals surface area contributed by atoms with Crippen LogP contribution in [0, 0.1) is 0 Å². The van der Waals surface area contributed by atoms with Gasteiger partial charge < -0.3 is 15.3 Å². The molecule has 1 unspecified atom stereocenters. The molecule has 0 bridgehead atoms. The van der Waals surface area contributed by atoms with Gasteiger partial charge in [-0.25, -0.2) is 0 Å². The molecule has 0 aliphatic carbocycles. The number of aldehydes is 1. The second-order valence-electron chi connectivity index (χ2n) is 3.69. The number of nitrogens with two attached hydrogens (primary N) is 1. The Morgan fingerprint density at radius 2 is 2.00 bits per heavy atom. The van der Waals surface area contributed by atoms with Gasteiger partial charge in [-0.1, -0.05) is 33.1 Å². The topological polar surface area (TPSA) is 52.3 Å². The fourth-order valence-electron chi connectivity index (χ4n) is 1.35. The minimum atomic E-state index is -0.462. The van der Waals surface area contributed by atoms with Crippen LogP contribution in [0.15, 0.2) is 0 Å². The summed E-state index contributed by atoms with van der Waals surface area (Å²) in [6.45, 7) is 4.67. The Morgan fingerprint density at radius 3 is 2.50 bits per heavy atom. The Labute approximate surface area is 87.0 Å². The molecule has 0 spiro atoms. The molecule has 0 heterocycles. The lowest BCUT2D eigenvalue weighted by molar-refractivity contribution is -0.110. The molecule has 0 saturated heterocycles. The van der Waals surface area contributed by atoms with Crippen LogP contribution in [0.4, 0.5) is 0 Å². The number of carbonyl (C=O) groups is 1. The van der Waals surface area contributed by atoms with Gasteiger partial charge in [-0.15, -0.1) is 0 Å². The van der Waals surface area contributed by atoms with E-state index in [2.05, 4.69) is 13.8 Å². The average Bonchev–Trinajstić information content (AvgIpc) is 2.21. The summed E-state index contributed by atoms with van der Waals surface area (Å²) in [5.74, 6) is 0. The fraction of sp³-hybridized carbons (Fsp3) is 0.909. The van der Waals surface area contributed by atoms with Gasteiger partial charge in [0.25, 0.3) is 0 Å². The molecule has 0 aliphatic rings. The molecule has 0 saturated carbocycles. The first kappa shape index (κ1) is 13.6. The maximum Gasteiger partial charge on any atom is 0.139 e. The van der Waals surface area contributed by atoms with E-state index >= 15 is 0 Å². The molecule has 2 atom stereocenters. The van der Waals surface area contributed by atoms with Crippen molar-refractivity contribution in [1.82, 2.24) is 0 Å². The summed E-state index contributed by atoms with van der Waals surface area (Å²) < 4.78 is 5.58. The fourth-order valence-corrected chi connectivity index (χ4v) is 1.35. The number of hydrogen-bond acceptors (Lipinski definition) is 3. The van der Waals surface area contributed by atoms with Crippen molar-refractivity contribution in [1.29, 1.82) is 0 Å². The number of hydrogen-bond donors (Lipinski definition) is 1. The van der Waals surface area contributed by atoms with Crippen molar-refractivity contribution in [2.45, 2.75) is 58.1 Å². The van der Waals surface area contributed by atoms with Crippen LogP contribution >= 0.6 is 0 Å². The molecule has 0 fully saturated rings. The Kier molecular flexibility index (Phi) is 8.89. The predicted molar refractivity (Wildman–Crippen MR) is 58.2 cm³/mol. The third-order valence-corrected chi connectivity index (χ3v) is 2.19. The highest BCUT2D eigenvalue weighted by atomic mass is 16.5. The number of ether oxygens (including phenoxy) is 1. The maximum atomic E-state index is 10.3. The lowest BCUT2D eigenvalue weighted by Gasteiger charge is -2.17. The van der Waals surface area contributed by atoms with Crippen molar-refractivity contribution in [3.63, 3.8) is 0 Å². The van der Waals surface area contributed by atoms with Gasteiger partial charge in [0.1, 0.15) is 6.29 Å². The van der Waals surface area contributed by atoms with Crippen molar-refractivity contribution in [2.24, 2.45) is 5.73 Å². The summed E-state index contributed by atoms with van der Waals surface area (Å²) in [5, 5.41) is 0. The van der Waals surface area contributed by atoms with Crippen molar-refractivity contribution in [3.05, 3.63) is 0 Å². The average molecular weight is 201 g/mol. The highest BCUT2D eigenvalue weighted by molar-refractivity contribution is 5.57. The van der Waals surface area contributed by atoms with Crippen molar-refractivity contribution >= 4 is 6.29 Å². The number of carbonyl (C=O) groups excluding carboxylic acids is 1. The standard InChI is InChI=1S/C11H23NO2/c1-3-5-7-11(6-4-2)14-9-10(12)8-13/h8,10-11H,3-7,9,12H2,1-2H3/t10-,11?/m1/s1. The predicted octanol–water partition coefficient (Wildman–Crippen LogP) is 1.89. The zero-order chi connectivity index (χ0) is 10.8. The van der Waals surface area contributed by atoms with E-state index in [1.807, 2.05) is 0 Å². The quantitative estimate of drug-likeness (QED) is 0.579.